The Morgan fingerprint density at radius 3 is 2.78 bits per heavy atom. The van der Waals surface area contributed by atoms with Gasteiger partial charge in [0.25, 0.3) is 0 Å². The smallest absolute Gasteiger partial charge is 0.341 e. The van der Waals surface area contributed by atoms with Gasteiger partial charge in [-0.05, 0) is 20.8 Å². The van der Waals surface area contributed by atoms with Crippen LogP contribution in [-0.2, 0) is 10.3 Å². The van der Waals surface area contributed by atoms with E-state index in [9.17, 15) is 4.79 Å². The zero-order valence-electron chi connectivity index (χ0n) is 10.4. The molecule has 7 heteroatoms. The predicted octanol–water partition coefficient (Wildman–Crippen LogP) is 1.04. The molecule has 7 nitrogen and oxygen atoms in total. The van der Waals surface area contributed by atoms with Crippen molar-refractivity contribution < 1.29 is 14.6 Å². The Hall–Kier alpha value is -2.18. The highest BCUT2D eigenvalue weighted by atomic mass is 16.5. The summed E-state index contributed by atoms with van der Waals surface area (Å²) in [5.41, 5.74) is 0.401. The summed E-state index contributed by atoms with van der Waals surface area (Å²) in [6, 6.07) is 0. The third-order valence-corrected chi connectivity index (χ3v) is 2.30. The molecule has 96 valence electrons. The number of hydrogen-bond acceptors (Lipinski definition) is 5. The van der Waals surface area contributed by atoms with Gasteiger partial charge in [0.15, 0.2) is 12.3 Å². The van der Waals surface area contributed by atoms with Crippen LogP contribution in [0.25, 0.3) is 11.0 Å². The van der Waals surface area contributed by atoms with Crippen LogP contribution >= 0.6 is 0 Å². The maximum Gasteiger partial charge on any atom is 0.341 e. The molecule has 0 spiro atoms. The number of ether oxygens (including phenoxy) is 1. The number of carboxylic acids is 1. The summed E-state index contributed by atoms with van der Waals surface area (Å²) < 4.78 is 6.85. The van der Waals surface area contributed by atoms with Crippen molar-refractivity contribution in [2.24, 2.45) is 0 Å². The van der Waals surface area contributed by atoms with Gasteiger partial charge in [0.2, 0.25) is 5.88 Å². The quantitative estimate of drug-likeness (QED) is 0.875. The van der Waals surface area contributed by atoms with Crippen LogP contribution in [0, 0.1) is 0 Å². The van der Waals surface area contributed by atoms with E-state index in [1.165, 1.54) is 6.33 Å². The van der Waals surface area contributed by atoms with Crippen molar-refractivity contribution in [1.82, 2.24) is 19.7 Å². The maximum atomic E-state index is 10.5. The van der Waals surface area contributed by atoms with Gasteiger partial charge in [-0.2, -0.15) is 5.10 Å². The lowest BCUT2D eigenvalue weighted by Crippen LogP contribution is -2.23. The van der Waals surface area contributed by atoms with Crippen molar-refractivity contribution in [2.75, 3.05) is 6.61 Å². The molecule has 0 bridgehead atoms. The Labute approximate surface area is 103 Å². The van der Waals surface area contributed by atoms with Crippen LogP contribution in [0.3, 0.4) is 0 Å². The topological polar surface area (TPSA) is 90.1 Å². The summed E-state index contributed by atoms with van der Waals surface area (Å²) >= 11 is 0. The van der Waals surface area contributed by atoms with E-state index >= 15 is 0 Å². The zero-order chi connectivity index (χ0) is 13.3. The van der Waals surface area contributed by atoms with Crippen LogP contribution in [0.2, 0.25) is 0 Å². The molecule has 0 aliphatic carbocycles. The van der Waals surface area contributed by atoms with Crippen LogP contribution in [0.5, 0.6) is 5.88 Å². The highest BCUT2D eigenvalue weighted by Crippen LogP contribution is 2.25. The summed E-state index contributed by atoms with van der Waals surface area (Å²) in [7, 11) is 0. The number of rotatable bonds is 3. The molecule has 0 fully saturated rings. The fourth-order valence-corrected chi connectivity index (χ4v) is 1.56. The Kier molecular flexibility index (Phi) is 2.90. The normalized spacial score (nSPS) is 11.7. The molecule has 2 aromatic heterocycles. The first-order valence-electron chi connectivity index (χ1n) is 5.43. The lowest BCUT2D eigenvalue weighted by Gasteiger charge is -2.19. The fraction of sp³-hybridized carbons (Fsp3) is 0.455. The molecule has 2 heterocycles. The molecule has 0 amide bonds. The third-order valence-electron chi connectivity index (χ3n) is 2.30. The van der Waals surface area contributed by atoms with Gasteiger partial charge in [-0.25, -0.2) is 19.4 Å². The first kappa shape index (κ1) is 12.3. The number of aliphatic carboxylic acids is 1. The summed E-state index contributed by atoms with van der Waals surface area (Å²) in [6.45, 7) is 5.56. The Bertz CT molecular complexity index is 585. The van der Waals surface area contributed by atoms with Crippen LogP contribution in [0.15, 0.2) is 12.5 Å². The van der Waals surface area contributed by atoms with E-state index in [4.69, 9.17) is 9.84 Å². The van der Waals surface area contributed by atoms with Gasteiger partial charge < -0.3 is 9.84 Å². The Balaban J connectivity index is 2.45. The molecule has 0 aromatic carbocycles. The minimum Gasteiger partial charge on any atom is -0.479 e. The van der Waals surface area contributed by atoms with Crippen molar-refractivity contribution in [3.63, 3.8) is 0 Å². The van der Waals surface area contributed by atoms with Crippen LogP contribution in [0.1, 0.15) is 20.8 Å². The monoisotopic (exact) mass is 250 g/mol. The molecule has 0 atom stereocenters. The average molecular weight is 250 g/mol. The van der Waals surface area contributed by atoms with Gasteiger partial charge in [0.1, 0.15) is 11.7 Å². The highest BCUT2D eigenvalue weighted by molar-refractivity contribution is 5.80. The van der Waals surface area contributed by atoms with E-state index in [1.807, 2.05) is 20.8 Å². The first-order valence-corrected chi connectivity index (χ1v) is 5.43. The molecule has 2 aromatic rings. The van der Waals surface area contributed by atoms with Gasteiger partial charge >= 0.3 is 5.97 Å². The third kappa shape index (κ3) is 2.24. The van der Waals surface area contributed by atoms with Crippen LogP contribution < -0.4 is 4.74 Å². The second-order valence-corrected chi connectivity index (χ2v) is 4.83. The van der Waals surface area contributed by atoms with Gasteiger partial charge in [-0.15, -0.1) is 0 Å². The summed E-state index contributed by atoms with van der Waals surface area (Å²) in [5.74, 6) is -0.817. The summed E-state index contributed by atoms with van der Waals surface area (Å²) in [4.78, 5) is 18.6. The SMILES string of the molecule is CC(C)(C)n1ncc2c(OCC(=O)O)ncnc21. The summed E-state index contributed by atoms with van der Waals surface area (Å²) in [5, 5.41) is 13.4. The minimum atomic E-state index is -1.05. The predicted molar refractivity (Wildman–Crippen MR) is 63.4 cm³/mol. The number of carboxylic acid groups (broad SMARTS) is 1. The van der Waals surface area contributed by atoms with Crippen molar-refractivity contribution in [3.05, 3.63) is 12.5 Å². The number of hydrogen-bond donors (Lipinski definition) is 1. The Morgan fingerprint density at radius 1 is 1.44 bits per heavy atom. The van der Waals surface area contributed by atoms with Gasteiger partial charge in [-0.3, -0.25) is 0 Å². The summed E-state index contributed by atoms with van der Waals surface area (Å²) in [6.07, 6.45) is 2.92. The largest absolute Gasteiger partial charge is 0.479 e. The molecule has 0 aliphatic heterocycles. The molecule has 0 radical (unpaired) electrons. The van der Waals surface area contributed by atoms with Crippen molar-refractivity contribution in [2.45, 2.75) is 26.3 Å². The van der Waals surface area contributed by atoms with Crippen molar-refractivity contribution in [1.29, 1.82) is 0 Å². The van der Waals surface area contributed by atoms with Crippen molar-refractivity contribution in [3.8, 4) is 5.88 Å². The average Bonchev–Trinajstić information content (AvgIpc) is 2.69. The number of nitrogens with zero attached hydrogens (tertiary/aromatic N) is 4. The first-order chi connectivity index (χ1) is 8.39. The van der Waals surface area contributed by atoms with E-state index in [0.29, 0.717) is 11.0 Å². The maximum absolute atomic E-state index is 10.5. The molecule has 0 saturated heterocycles. The molecule has 1 N–H and O–H groups in total. The van der Waals surface area contributed by atoms with Gasteiger partial charge in [0.05, 0.1) is 11.7 Å². The molecular formula is C11H14N4O3. The fourth-order valence-electron chi connectivity index (χ4n) is 1.56. The van der Waals surface area contributed by atoms with Crippen molar-refractivity contribution >= 4 is 17.0 Å². The highest BCUT2D eigenvalue weighted by Gasteiger charge is 2.20. The van der Waals surface area contributed by atoms with Gasteiger partial charge in [0, 0.05) is 0 Å². The Morgan fingerprint density at radius 2 is 2.17 bits per heavy atom. The lowest BCUT2D eigenvalue weighted by atomic mass is 10.1. The minimum absolute atomic E-state index is 0.222. The van der Waals surface area contributed by atoms with E-state index in [-0.39, 0.29) is 11.4 Å². The molecule has 0 unspecified atom stereocenters. The number of carbonyl (C=O) groups is 1. The molecule has 0 aliphatic rings. The lowest BCUT2D eigenvalue weighted by molar-refractivity contribution is -0.139. The second kappa shape index (κ2) is 4.25. The molecule has 0 saturated carbocycles. The number of aromatic nitrogens is 4. The van der Waals surface area contributed by atoms with E-state index in [2.05, 4.69) is 15.1 Å². The standard InChI is InChI=1S/C11H14N4O3/c1-11(2,3)15-9-7(4-14-15)10(13-6-12-9)18-5-8(16)17/h4,6H,5H2,1-3H3,(H,16,17). The van der Waals surface area contributed by atoms with E-state index in [1.54, 1.807) is 10.9 Å². The van der Waals surface area contributed by atoms with E-state index < -0.39 is 12.6 Å². The van der Waals surface area contributed by atoms with Crippen LogP contribution in [-0.4, -0.2) is 37.4 Å². The van der Waals surface area contributed by atoms with Crippen LogP contribution in [0.4, 0.5) is 0 Å². The molecule has 18 heavy (non-hydrogen) atoms. The van der Waals surface area contributed by atoms with E-state index in [0.717, 1.165) is 0 Å². The molecular weight excluding hydrogens is 236 g/mol. The number of fused-ring (bicyclic) bond motifs is 1. The molecule has 2 rings (SSSR count). The second-order valence-electron chi connectivity index (χ2n) is 4.83. The van der Waals surface area contributed by atoms with Gasteiger partial charge in [-0.1, -0.05) is 0 Å². The zero-order valence-corrected chi connectivity index (χ0v) is 10.4.